The summed E-state index contributed by atoms with van der Waals surface area (Å²) in [5, 5.41) is 0. The van der Waals surface area contributed by atoms with E-state index in [1.807, 2.05) is 20.8 Å². The van der Waals surface area contributed by atoms with Gasteiger partial charge in [-0.25, -0.2) is 4.79 Å². The molecular formula is C15H22N2O4. The largest absolute Gasteiger partial charge is 0.379 e. The molecule has 0 unspecified atom stereocenters. The van der Waals surface area contributed by atoms with Crippen LogP contribution in [-0.4, -0.2) is 28.9 Å². The Balaban J connectivity index is 2.74. The lowest BCUT2D eigenvalue weighted by Gasteiger charge is -2.21. The lowest BCUT2D eigenvalue weighted by atomic mass is 10.1. The van der Waals surface area contributed by atoms with Gasteiger partial charge in [-0.15, -0.1) is 6.42 Å². The van der Waals surface area contributed by atoms with E-state index in [0.717, 1.165) is 6.42 Å². The third-order valence-corrected chi connectivity index (χ3v) is 2.97. The molecule has 0 aromatic carbocycles. The van der Waals surface area contributed by atoms with Crippen LogP contribution in [0.3, 0.4) is 0 Å². The van der Waals surface area contributed by atoms with Gasteiger partial charge in [-0.3, -0.25) is 14.3 Å². The van der Waals surface area contributed by atoms with E-state index in [9.17, 15) is 9.59 Å². The lowest BCUT2D eigenvalue weighted by Crippen LogP contribution is -2.34. The maximum absolute atomic E-state index is 11.7. The summed E-state index contributed by atoms with van der Waals surface area (Å²) in [6, 6.07) is 0. The molecule has 0 saturated heterocycles. The molecule has 0 aliphatic rings. The predicted octanol–water partition coefficient (Wildman–Crippen LogP) is 0.943. The average molecular weight is 294 g/mol. The fourth-order valence-corrected chi connectivity index (χ4v) is 1.66. The molecule has 1 N–H and O–H groups in total. The molecule has 0 radical (unpaired) electrons. The third-order valence-electron chi connectivity index (χ3n) is 2.97. The summed E-state index contributed by atoms with van der Waals surface area (Å²) in [6.45, 7) is 7.22. The van der Waals surface area contributed by atoms with E-state index in [0.29, 0.717) is 13.2 Å². The number of hydrogen-bond acceptors (Lipinski definition) is 4. The maximum Gasteiger partial charge on any atom is 0.330 e. The standard InChI is InChI=1S/C15H22N2O4/c1-5-7-20-9-13(11(3)4)21-10-17-8-12(6-2)14(18)16-15(17)19/h2,8,11,13H,5,7,9-10H2,1,3-4H3,(H,16,18,19)/t13-/m1/s1. The molecule has 6 nitrogen and oxygen atoms in total. The molecule has 116 valence electrons. The Hall–Kier alpha value is -1.84. The van der Waals surface area contributed by atoms with Crippen molar-refractivity contribution in [3.8, 4) is 12.3 Å². The van der Waals surface area contributed by atoms with Crippen molar-refractivity contribution in [2.45, 2.75) is 40.0 Å². The number of aromatic amines is 1. The topological polar surface area (TPSA) is 73.3 Å². The van der Waals surface area contributed by atoms with Crippen LogP contribution in [0.1, 0.15) is 32.8 Å². The van der Waals surface area contributed by atoms with Crippen molar-refractivity contribution in [2.24, 2.45) is 5.92 Å². The second kappa shape index (κ2) is 8.45. The molecule has 0 saturated carbocycles. The highest BCUT2D eigenvalue weighted by Gasteiger charge is 2.15. The molecule has 0 amide bonds. The first kappa shape index (κ1) is 17.2. The number of hydrogen-bond donors (Lipinski definition) is 1. The van der Waals surface area contributed by atoms with Crippen LogP contribution in [0.5, 0.6) is 0 Å². The highest BCUT2D eigenvalue weighted by Crippen LogP contribution is 2.08. The number of rotatable bonds is 8. The maximum atomic E-state index is 11.7. The van der Waals surface area contributed by atoms with E-state index in [1.54, 1.807) is 0 Å². The van der Waals surface area contributed by atoms with E-state index in [4.69, 9.17) is 15.9 Å². The van der Waals surface area contributed by atoms with Crippen molar-refractivity contribution < 1.29 is 9.47 Å². The molecule has 1 rings (SSSR count). The Kier molecular flexibility index (Phi) is 6.92. The van der Waals surface area contributed by atoms with Crippen molar-refractivity contribution >= 4 is 0 Å². The van der Waals surface area contributed by atoms with Crippen LogP contribution in [-0.2, 0) is 16.2 Å². The Labute approximate surface area is 124 Å². The minimum absolute atomic E-state index is 0.0165. The van der Waals surface area contributed by atoms with Gasteiger partial charge in [0.05, 0.1) is 12.7 Å². The number of ether oxygens (including phenoxy) is 2. The van der Waals surface area contributed by atoms with Crippen molar-refractivity contribution in [1.29, 1.82) is 0 Å². The van der Waals surface area contributed by atoms with Gasteiger partial charge in [-0.05, 0) is 12.3 Å². The Morgan fingerprint density at radius 1 is 1.43 bits per heavy atom. The van der Waals surface area contributed by atoms with Gasteiger partial charge in [0.25, 0.3) is 5.56 Å². The van der Waals surface area contributed by atoms with Gasteiger partial charge in [-0.2, -0.15) is 0 Å². The van der Waals surface area contributed by atoms with Gasteiger partial charge < -0.3 is 9.47 Å². The number of nitrogens with one attached hydrogen (secondary N) is 1. The van der Waals surface area contributed by atoms with Crippen molar-refractivity contribution in [1.82, 2.24) is 9.55 Å². The Morgan fingerprint density at radius 3 is 2.71 bits per heavy atom. The second-order valence-corrected chi connectivity index (χ2v) is 5.07. The smallest absolute Gasteiger partial charge is 0.330 e. The lowest BCUT2D eigenvalue weighted by molar-refractivity contribution is -0.0670. The molecule has 6 heteroatoms. The molecule has 1 aromatic rings. The molecule has 0 aliphatic heterocycles. The molecule has 21 heavy (non-hydrogen) atoms. The van der Waals surface area contributed by atoms with Crippen LogP contribution < -0.4 is 11.2 Å². The highest BCUT2D eigenvalue weighted by atomic mass is 16.5. The van der Waals surface area contributed by atoms with Crippen LogP contribution in [0.15, 0.2) is 15.8 Å². The number of H-pyrrole nitrogens is 1. The fourth-order valence-electron chi connectivity index (χ4n) is 1.66. The number of nitrogens with zero attached hydrogens (tertiary/aromatic N) is 1. The van der Waals surface area contributed by atoms with Crippen LogP contribution in [0.25, 0.3) is 0 Å². The molecule has 1 heterocycles. The van der Waals surface area contributed by atoms with Gasteiger partial charge in [-0.1, -0.05) is 26.7 Å². The van der Waals surface area contributed by atoms with Gasteiger partial charge in [0, 0.05) is 12.8 Å². The molecule has 0 bridgehead atoms. The summed E-state index contributed by atoms with van der Waals surface area (Å²) in [5.74, 6) is 2.47. The van der Waals surface area contributed by atoms with Crippen LogP contribution in [0, 0.1) is 18.3 Å². The number of terminal acetylenes is 1. The van der Waals surface area contributed by atoms with Gasteiger partial charge in [0.2, 0.25) is 0 Å². The van der Waals surface area contributed by atoms with Crippen molar-refractivity contribution in [3.05, 3.63) is 32.6 Å². The summed E-state index contributed by atoms with van der Waals surface area (Å²) in [7, 11) is 0. The summed E-state index contributed by atoms with van der Waals surface area (Å²) in [6.07, 6.45) is 7.34. The van der Waals surface area contributed by atoms with Gasteiger partial charge in [0.15, 0.2) is 0 Å². The van der Waals surface area contributed by atoms with E-state index in [2.05, 4.69) is 10.9 Å². The summed E-state index contributed by atoms with van der Waals surface area (Å²) in [4.78, 5) is 25.2. The normalized spacial score (nSPS) is 12.3. The quantitative estimate of drug-likeness (QED) is 0.572. The average Bonchev–Trinajstić information content (AvgIpc) is 2.44. The number of aromatic nitrogens is 2. The first-order valence-corrected chi connectivity index (χ1v) is 6.99. The van der Waals surface area contributed by atoms with E-state index in [-0.39, 0.29) is 24.3 Å². The third kappa shape index (κ3) is 5.21. The molecule has 0 fully saturated rings. The highest BCUT2D eigenvalue weighted by molar-refractivity contribution is 5.25. The fraction of sp³-hybridized carbons (Fsp3) is 0.600. The Bertz CT molecular complexity index is 595. The minimum atomic E-state index is -0.564. The van der Waals surface area contributed by atoms with Gasteiger partial charge in [0.1, 0.15) is 12.3 Å². The minimum Gasteiger partial charge on any atom is -0.379 e. The van der Waals surface area contributed by atoms with Crippen LogP contribution >= 0.6 is 0 Å². The molecular weight excluding hydrogens is 272 g/mol. The zero-order valence-electron chi connectivity index (χ0n) is 12.7. The summed E-state index contributed by atoms with van der Waals surface area (Å²) in [5.41, 5.74) is -1.01. The van der Waals surface area contributed by atoms with E-state index < -0.39 is 11.2 Å². The van der Waals surface area contributed by atoms with Gasteiger partial charge >= 0.3 is 5.69 Å². The monoisotopic (exact) mass is 294 g/mol. The first-order chi connectivity index (χ1) is 9.99. The van der Waals surface area contributed by atoms with Crippen LogP contribution in [0.2, 0.25) is 0 Å². The predicted molar refractivity (Wildman–Crippen MR) is 80.1 cm³/mol. The molecule has 1 atom stereocenters. The van der Waals surface area contributed by atoms with E-state index in [1.165, 1.54) is 10.8 Å². The molecule has 1 aromatic heterocycles. The van der Waals surface area contributed by atoms with Crippen LogP contribution in [0.4, 0.5) is 0 Å². The molecule has 0 aliphatic carbocycles. The molecule has 0 spiro atoms. The zero-order valence-corrected chi connectivity index (χ0v) is 12.7. The van der Waals surface area contributed by atoms with Crippen molar-refractivity contribution in [3.63, 3.8) is 0 Å². The SMILES string of the molecule is C#Cc1cn(CO[C@H](COCCC)C(C)C)c(=O)[nH]c1=O. The second-order valence-electron chi connectivity index (χ2n) is 5.07. The first-order valence-electron chi connectivity index (χ1n) is 6.99. The summed E-state index contributed by atoms with van der Waals surface area (Å²) >= 11 is 0. The zero-order chi connectivity index (χ0) is 15.8. The van der Waals surface area contributed by atoms with E-state index >= 15 is 0 Å². The summed E-state index contributed by atoms with van der Waals surface area (Å²) < 4.78 is 12.4. The van der Waals surface area contributed by atoms with Crippen molar-refractivity contribution in [2.75, 3.05) is 13.2 Å². The Morgan fingerprint density at radius 2 is 2.14 bits per heavy atom.